The van der Waals surface area contributed by atoms with Crippen molar-refractivity contribution in [3.8, 4) is 0 Å². The summed E-state index contributed by atoms with van der Waals surface area (Å²) in [4.78, 5) is 33.0. The SMILES string of the molecule is CC(C)CCC(C)NC(=O)NC(CCC(=O)O)C(=O)O. The Hall–Kier alpha value is -1.79. The van der Waals surface area contributed by atoms with Crippen LogP contribution in [0.15, 0.2) is 0 Å². The maximum absolute atomic E-state index is 11.6. The predicted octanol–water partition coefficient (Wildman–Crippen LogP) is 1.43. The molecule has 0 spiro atoms. The average molecular weight is 288 g/mol. The number of carboxylic acid groups (broad SMARTS) is 2. The van der Waals surface area contributed by atoms with Crippen LogP contribution in [0.3, 0.4) is 0 Å². The number of hydrogen-bond acceptors (Lipinski definition) is 3. The number of hydrogen-bond donors (Lipinski definition) is 4. The minimum atomic E-state index is -1.24. The Morgan fingerprint density at radius 3 is 2.00 bits per heavy atom. The van der Waals surface area contributed by atoms with Crippen molar-refractivity contribution in [1.82, 2.24) is 10.6 Å². The molecule has 0 aliphatic heterocycles. The van der Waals surface area contributed by atoms with Gasteiger partial charge in [-0.2, -0.15) is 0 Å². The van der Waals surface area contributed by atoms with Gasteiger partial charge in [0.05, 0.1) is 0 Å². The lowest BCUT2D eigenvalue weighted by Gasteiger charge is -2.18. The third kappa shape index (κ3) is 9.18. The van der Waals surface area contributed by atoms with Crippen LogP contribution in [0.2, 0.25) is 0 Å². The van der Waals surface area contributed by atoms with E-state index in [-0.39, 0.29) is 18.9 Å². The van der Waals surface area contributed by atoms with Crippen LogP contribution >= 0.6 is 0 Å². The molecule has 0 saturated carbocycles. The van der Waals surface area contributed by atoms with Crippen molar-refractivity contribution >= 4 is 18.0 Å². The molecule has 116 valence electrons. The summed E-state index contributed by atoms with van der Waals surface area (Å²) in [6.07, 6.45) is 1.32. The van der Waals surface area contributed by atoms with Crippen molar-refractivity contribution in [1.29, 1.82) is 0 Å². The van der Waals surface area contributed by atoms with Gasteiger partial charge in [-0.15, -0.1) is 0 Å². The molecule has 0 heterocycles. The van der Waals surface area contributed by atoms with Gasteiger partial charge in [0.2, 0.25) is 0 Å². The first-order chi connectivity index (χ1) is 9.22. The highest BCUT2D eigenvalue weighted by Gasteiger charge is 2.21. The minimum Gasteiger partial charge on any atom is -0.481 e. The number of aliphatic carboxylic acids is 2. The van der Waals surface area contributed by atoms with E-state index in [1.54, 1.807) is 0 Å². The lowest BCUT2D eigenvalue weighted by atomic mass is 10.0. The number of carboxylic acids is 2. The third-order valence-electron chi connectivity index (χ3n) is 2.80. The van der Waals surface area contributed by atoms with E-state index in [0.29, 0.717) is 5.92 Å². The standard InChI is InChI=1S/C13H24N2O5/c1-8(2)4-5-9(3)14-13(20)15-10(12(18)19)6-7-11(16)17/h8-10H,4-7H2,1-3H3,(H,16,17)(H,18,19)(H2,14,15,20). The number of carbonyl (C=O) groups excluding carboxylic acids is 1. The van der Waals surface area contributed by atoms with Crippen LogP contribution in [0.5, 0.6) is 0 Å². The molecular formula is C13H24N2O5. The fourth-order valence-corrected chi connectivity index (χ4v) is 1.60. The van der Waals surface area contributed by atoms with Gasteiger partial charge in [-0.1, -0.05) is 13.8 Å². The molecule has 7 heteroatoms. The smallest absolute Gasteiger partial charge is 0.326 e. The van der Waals surface area contributed by atoms with Crippen LogP contribution in [0, 0.1) is 5.92 Å². The molecule has 0 aromatic carbocycles. The zero-order chi connectivity index (χ0) is 15.7. The molecule has 0 saturated heterocycles. The molecule has 20 heavy (non-hydrogen) atoms. The van der Waals surface area contributed by atoms with E-state index in [9.17, 15) is 14.4 Å². The summed E-state index contributed by atoms with van der Waals surface area (Å²) >= 11 is 0. The lowest BCUT2D eigenvalue weighted by molar-refractivity contribution is -0.140. The number of carbonyl (C=O) groups is 3. The van der Waals surface area contributed by atoms with Gasteiger partial charge in [-0.3, -0.25) is 4.79 Å². The van der Waals surface area contributed by atoms with E-state index >= 15 is 0 Å². The Labute approximate surface area is 118 Å². The molecule has 0 aliphatic carbocycles. The van der Waals surface area contributed by atoms with Crippen LogP contribution in [-0.4, -0.2) is 40.3 Å². The second kappa shape index (κ2) is 9.17. The molecule has 0 rings (SSSR count). The molecule has 0 aromatic rings. The predicted molar refractivity (Wildman–Crippen MR) is 73.5 cm³/mol. The number of nitrogens with one attached hydrogen (secondary N) is 2. The summed E-state index contributed by atoms with van der Waals surface area (Å²) in [5, 5.41) is 22.4. The second-order valence-corrected chi connectivity index (χ2v) is 5.31. The van der Waals surface area contributed by atoms with Crippen molar-refractivity contribution in [2.24, 2.45) is 5.92 Å². The zero-order valence-electron chi connectivity index (χ0n) is 12.2. The van der Waals surface area contributed by atoms with E-state index in [1.807, 2.05) is 6.92 Å². The van der Waals surface area contributed by atoms with Crippen LogP contribution in [0.1, 0.15) is 46.5 Å². The van der Waals surface area contributed by atoms with Crippen LogP contribution in [0.25, 0.3) is 0 Å². The molecule has 0 fully saturated rings. The maximum Gasteiger partial charge on any atom is 0.326 e. The Balaban J connectivity index is 4.18. The Morgan fingerprint density at radius 1 is 0.950 bits per heavy atom. The fraction of sp³-hybridized carbons (Fsp3) is 0.769. The summed E-state index contributed by atoms with van der Waals surface area (Å²) in [6, 6.07) is -1.84. The van der Waals surface area contributed by atoms with E-state index in [0.717, 1.165) is 12.8 Å². The molecule has 2 amide bonds. The first-order valence-corrected chi connectivity index (χ1v) is 6.74. The maximum atomic E-state index is 11.6. The molecule has 4 N–H and O–H groups in total. The average Bonchev–Trinajstić information content (AvgIpc) is 2.31. The Bertz CT molecular complexity index is 344. The summed E-state index contributed by atoms with van der Waals surface area (Å²) in [6.45, 7) is 6.01. The quantitative estimate of drug-likeness (QED) is 0.512. The van der Waals surface area contributed by atoms with E-state index in [1.165, 1.54) is 0 Å². The van der Waals surface area contributed by atoms with Gasteiger partial charge in [0.15, 0.2) is 0 Å². The molecule has 0 aromatic heterocycles. The normalized spacial score (nSPS) is 13.6. The Morgan fingerprint density at radius 2 is 1.55 bits per heavy atom. The molecule has 0 radical (unpaired) electrons. The highest BCUT2D eigenvalue weighted by Crippen LogP contribution is 2.06. The van der Waals surface area contributed by atoms with Crippen LogP contribution in [-0.2, 0) is 9.59 Å². The van der Waals surface area contributed by atoms with Gasteiger partial charge in [0.25, 0.3) is 0 Å². The molecule has 0 aliphatic rings. The summed E-state index contributed by atoms with van der Waals surface area (Å²) in [5.41, 5.74) is 0. The summed E-state index contributed by atoms with van der Waals surface area (Å²) in [5.74, 6) is -1.80. The highest BCUT2D eigenvalue weighted by atomic mass is 16.4. The van der Waals surface area contributed by atoms with E-state index in [4.69, 9.17) is 10.2 Å². The molecule has 7 nitrogen and oxygen atoms in total. The first-order valence-electron chi connectivity index (χ1n) is 6.74. The highest BCUT2D eigenvalue weighted by molar-refractivity contribution is 5.83. The second-order valence-electron chi connectivity index (χ2n) is 5.31. The van der Waals surface area contributed by atoms with Gasteiger partial charge in [-0.25, -0.2) is 9.59 Å². The molecular weight excluding hydrogens is 264 g/mol. The lowest BCUT2D eigenvalue weighted by Crippen LogP contribution is -2.48. The van der Waals surface area contributed by atoms with Gasteiger partial charge in [0, 0.05) is 12.5 Å². The van der Waals surface area contributed by atoms with Gasteiger partial charge < -0.3 is 20.8 Å². The first kappa shape index (κ1) is 18.2. The van der Waals surface area contributed by atoms with E-state index < -0.39 is 24.0 Å². The van der Waals surface area contributed by atoms with Crippen LogP contribution < -0.4 is 10.6 Å². The van der Waals surface area contributed by atoms with Crippen molar-refractivity contribution in [3.05, 3.63) is 0 Å². The van der Waals surface area contributed by atoms with Gasteiger partial charge >= 0.3 is 18.0 Å². The topological polar surface area (TPSA) is 116 Å². The van der Waals surface area contributed by atoms with Gasteiger partial charge in [0.1, 0.15) is 6.04 Å². The van der Waals surface area contributed by atoms with Gasteiger partial charge in [-0.05, 0) is 32.1 Å². The van der Waals surface area contributed by atoms with Crippen LogP contribution in [0.4, 0.5) is 4.79 Å². The Kier molecular flexibility index (Phi) is 8.35. The van der Waals surface area contributed by atoms with Crippen molar-refractivity contribution < 1.29 is 24.6 Å². The molecule has 2 unspecified atom stereocenters. The van der Waals surface area contributed by atoms with Crippen molar-refractivity contribution in [2.75, 3.05) is 0 Å². The summed E-state index contributed by atoms with van der Waals surface area (Å²) in [7, 11) is 0. The molecule has 2 atom stereocenters. The fourth-order valence-electron chi connectivity index (χ4n) is 1.60. The van der Waals surface area contributed by atoms with E-state index in [2.05, 4.69) is 24.5 Å². The largest absolute Gasteiger partial charge is 0.481 e. The summed E-state index contributed by atoms with van der Waals surface area (Å²) < 4.78 is 0. The number of urea groups is 1. The third-order valence-corrected chi connectivity index (χ3v) is 2.80. The zero-order valence-corrected chi connectivity index (χ0v) is 12.2. The van der Waals surface area contributed by atoms with Crippen molar-refractivity contribution in [3.63, 3.8) is 0 Å². The van der Waals surface area contributed by atoms with Crippen molar-refractivity contribution in [2.45, 2.75) is 58.5 Å². The number of amides is 2. The number of rotatable bonds is 9. The monoisotopic (exact) mass is 288 g/mol. The molecule has 0 bridgehead atoms. The minimum absolute atomic E-state index is 0.0636.